The Morgan fingerprint density at radius 1 is 1.30 bits per heavy atom. The number of aromatic nitrogens is 3. The fourth-order valence-electron chi connectivity index (χ4n) is 2.68. The molecule has 104 valence electrons. The molecule has 1 aliphatic rings. The van der Waals surface area contributed by atoms with E-state index in [1.165, 1.54) is 11.3 Å². The van der Waals surface area contributed by atoms with Gasteiger partial charge in [0.15, 0.2) is 0 Å². The fraction of sp³-hybridized carbons (Fsp3) is 0.400. The quantitative estimate of drug-likeness (QED) is 0.639. The molecule has 0 radical (unpaired) electrons. The zero-order chi connectivity index (χ0) is 13.9. The molecule has 0 spiro atoms. The first-order valence-corrected chi connectivity index (χ1v) is 7.92. The third-order valence-corrected chi connectivity index (χ3v) is 4.47. The molecular formula is C15H17N3OS. The fourth-order valence-corrected chi connectivity index (χ4v) is 3.49. The smallest absolute Gasteiger partial charge is 0.292 e. The highest BCUT2D eigenvalue weighted by Gasteiger charge is 2.21. The van der Waals surface area contributed by atoms with Crippen LogP contribution in [0.3, 0.4) is 0 Å². The lowest BCUT2D eigenvalue weighted by atomic mass is 10.2. The zero-order valence-corrected chi connectivity index (χ0v) is 12.3. The number of hydrogen-bond acceptors (Lipinski definition) is 4. The van der Waals surface area contributed by atoms with E-state index in [4.69, 9.17) is 0 Å². The Labute approximate surface area is 122 Å². The molecule has 4 nitrogen and oxygen atoms in total. The second-order valence-corrected chi connectivity index (χ2v) is 6.11. The Morgan fingerprint density at radius 3 is 2.85 bits per heavy atom. The van der Waals surface area contributed by atoms with Gasteiger partial charge in [-0.3, -0.25) is 9.55 Å². The van der Waals surface area contributed by atoms with Gasteiger partial charge in [0.05, 0.1) is 6.54 Å². The van der Waals surface area contributed by atoms with Crippen LogP contribution in [0.2, 0.25) is 0 Å². The van der Waals surface area contributed by atoms with Gasteiger partial charge in [0.1, 0.15) is 5.03 Å². The lowest BCUT2D eigenvalue weighted by molar-refractivity contribution is 0.666. The number of pyridine rings is 1. The molecule has 3 rings (SSSR count). The van der Waals surface area contributed by atoms with Gasteiger partial charge >= 0.3 is 5.69 Å². The lowest BCUT2D eigenvalue weighted by Crippen LogP contribution is -2.27. The van der Waals surface area contributed by atoms with E-state index in [0.717, 1.165) is 35.6 Å². The van der Waals surface area contributed by atoms with E-state index in [9.17, 15) is 4.79 Å². The van der Waals surface area contributed by atoms with E-state index in [1.54, 1.807) is 24.2 Å². The SMILES string of the molecule is CCSc1nc(=O)n(Cc2ccncc2)c2c1CCC2. The van der Waals surface area contributed by atoms with Crippen molar-refractivity contribution >= 4 is 11.8 Å². The number of rotatable bonds is 4. The zero-order valence-electron chi connectivity index (χ0n) is 11.5. The average molecular weight is 287 g/mol. The molecule has 0 atom stereocenters. The van der Waals surface area contributed by atoms with E-state index < -0.39 is 0 Å². The van der Waals surface area contributed by atoms with Crippen LogP contribution < -0.4 is 5.69 Å². The number of hydrogen-bond donors (Lipinski definition) is 0. The van der Waals surface area contributed by atoms with E-state index in [0.29, 0.717) is 6.54 Å². The van der Waals surface area contributed by atoms with Crippen LogP contribution >= 0.6 is 11.8 Å². The second kappa shape index (κ2) is 5.79. The van der Waals surface area contributed by atoms with Crippen molar-refractivity contribution in [2.24, 2.45) is 0 Å². The molecule has 2 aromatic heterocycles. The summed E-state index contributed by atoms with van der Waals surface area (Å²) >= 11 is 1.68. The van der Waals surface area contributed by atoms with Crippen molar-refractivity contribution in [1.29, 1.82) is 0 Å². The molecule has 5 heteroatoms. The van der Waals surface area contributed by atoms with Gasteiger partial charge in [-0.25, -0.2) is 4.79 Å². The summed E-state index contributed by atoms with van der Waals surface area (Å²) in [6, 6.07) is 3.89. The maximum atomic E-state index is 12.3. The molecule has 0 N–H and O–H groups in total. The van der Waals surface area contributed by atoms with Crippen LogP contribution in [-0.4, -0.2) is 20.3 Å². The second-order valence-electron chi connectivity index (χ2n) is 4.85. The molecule has 2 heterocycles. The van der Waals surface area contributed by atoms with Crippen molar-refractivity contribution in [3.05, 3.63) is 51.8 Å². The highest BCUT2D eigenvalue weighted by atomic mass is 32.2. The summed E-state index contributed by atoms with van der Waals surface area (Å²) in [6.45, 7) is 2.68. The first-order chi connectivity index (χ1) is 9.79. The number of nitrogens with zero attached hydrogens (tertiary/aromatic N) is 3. The van der Waals surface area contributed by atoms with Gasteiger partial charge in [0.2, 0.25) is 0 Å². The van der Waals surface area contributed by atoms with Gasteiger partial charge in [-0.1, -0.05) is 6.92 Å². The molecule has 0 unspecified atom stereocenters. The van der Waals surface area contributed by atoms with E-state index >= 15 is 0 Å². The Hall–Kier alpha value is -1.62. The summed E-state index contributed by atoms with van der Waals surface area (Å²) < 4.78 is 1.83. The summed E-state index contributed by atoms with van der Waals surface area (Å²) in [4.78, 5) is 20.6. The van der Waals surface area contributed by atoms with Crippen LogP contribution in [0.5, 0.6) is 0 Å². The van der Waals surface area contributed by atoms with Crippen molar-refractivity contribution in [3.8, 4) is 0 Å². The summed E-state index contributed by atoms with van der Waals surface area (Å²) in [5.41, 5.74) is 3.43. The minimum Gasteiger partial charge on any atom is -0.292 e. The summed E-state index contributed by atoms with van der Waals surface area (Å²) in [6.07, 6.45) is 6.66. The molecule has 0 amide bonds. The normalized spacial score (nSPS) is 13.4. The summed E-state index contributed by atoms with van der Waals surface area (Å²) in [5.74, 6) is 0.952. The third-order valence-electron chi connectivity index (χ3n) is 3.57. The van der Waals surface area contributed by atoms with Crippen LogP contribution in [0, 0.1) is 0 Å². The first kappa shape index (κ1) is 13.4. The Balaban J connectivity index is 2.04. The maximum Gasteiger partial charge on any atom is 0.349 e. The third kappa shape index (κ3) is 2.50. The molecule has 2 aromatic rings. The van der Waals surface area contributed by atoms with Crippen LogP contribution in [0.15, 0.2) is 34.3 Å². The maximum absolute atomic E-state index is 12.3. The van der Waals surface area contributed by atoms with Crippen molar-refractivity contribution in [1.82, 2.24) is 14.5 Å². The van der Waals surface area contributed by atoms with E-state index in [1.807, 2.05) is 16.7 Å². The summed E-state index contributed by atoms with van der Waals surface area (Å²) in [7, 11) is 0. The minimum atomic E-state index is -0.126. The monoisotopic (exact) mass is 287 g/mol. The number of fused-ring (bicyclic) bond motifs is 1. The largest absolute Gasteiger partial charge is 0.349 e. The van der Waals surface area contributed by atoms with Crippen molar-refractivity contribution in [3.63, 3.8) is 0 Å². The van der Waals surface area contributed by atoms with Gasteiger partial charge in [-0.15, -0.1) is 11.8 Å². The van der Waals surface area contributed by atoms with Crippen molar-refractivity contribution in [2.45, 2.75) is 37.8 Å². The van der Waals surface area contributed by atoms with Gasteiger partial charge < -0.3 is 0 Å². The molecule has 0 bridgehead atoms. The van der Waals surface area contributed by atoms with Gasteiger partial charge in [0.25, 0.3) is 0 Å². The predicted octanol–water partition coefficient (Wildman–Crippen LogP) is 2.29. The van der Waals surface area contributed by atoms with Crippen molar-refractivity contribution in [2.75, 3.05) is 5.75 Å². The molecule has 0 aromatic carbocycles. The van der Waals surface area contributed by atoms with E-state index in [2.05, 4.69) is 16.9 Å². The van der Waals surface area contributed by atoms with E-state index in [-0.39, 0.29) is 5.69 Å². The molecule has 1 aliphatic carbocycles. The first-order valence-electron chi connectivity index (χ1n) is 6.94. The lowest BCUT2D eigenvalue weighted by Gasteiger charge is -2.13. The Kier molecular flexibility index (Phi) is 3.87. The van der Waals surface area contributed by atoms with Crippen LogP contribution in [-0.2, 0) is 19.4 Å². The number of thioether (sulfide) groups is 1. The van der Waals surface area contributed by atoms with Crippen molar-refractivity contribution < 1.29 is 0 Å². The standard InChI is InChI=1S/C15H17N3OS/c1-2-20-14-12-4-3-5-13(12)18(15(19)17-14)10-11-6-8-16-9-7-11/h6-9H,2-5,10H2,1H3. The molecule has 20 heavy (non-hydrogen) atoms. The molecule has 0 aliphatic heterocycles. The Morgan fingerprint density at radius 2 is 2.10 bits per heavy atom. The van der Waals surface area contributed by atoms with Crippen LogP contribution in [0.25, 0.3) is 0 Å². The minimum absolute atomic E-state index is 0.126. The molecule has 0 saturated heterocycles. The summed E-state index contributed by atoms with van der Waals surface area (Å²) in [5, 5.41) is 0.941. The highest BCUT2D eigenvalue weighted by molar-refractivity contribution is 7.99. The molecule has 0 fully saturated rings. The Bertz CT molecular complexity index is 667. The van der Waals surface area contributed by atoms with Gasteiger partial charge in [-0.05, 0) is 42.7 Å². The average Bonchev–Trinajstić information content (AvgIpc) is 2.94. The topological polar surface area (TPSA) is 47.8 Å². The van der Waals surface area contributed by atoms with Crippen LogP contribution in [0.4, 0.5) is 0 Å². The highest BCUT2D eigenvalue weighted by Crippen LogP contribution is 2.29. The van der Waals surface area contributed by atoms with Crippen LogP contribution in [0.1, 0.15) is 30.2 Å². The predicted molar refractivity (Wildman–Crippen MR) is 80.3 cm³/mol. The van der Waals surface area contributed by atoms with Gasteiger partial charge in [0, 0.05) is 23.7 Å². The molecule has 0 saturated carbocycles. The molecular weight excluding hydrogens is 270 g/mol. The van der Waals surface area contributed by atoms with Gasteiger partial charge in [-0.2, -0.15) is 4.98 Å².